The van der Waals surface area contributed by atoms with Crippen LogP contribution in [-0.4, -0.2) is 11.1 Å². The molecule has 0 spiro atoms. The smallest absolute Gasteiger partial charge is 0.331 e. The molecule has 0 aliphatic carbocycles. The molecule has 1 rings (SSSR count). The third-order valence-electron chi connectivity index (χ3n) is 1.76. The van der Waals surface area contributed by atoms with Crippen LogP contribution in [0.4, 0.5) is 0 Å². The van der Waals surface area contributed by atoms with Crippen molar-refractivity contribution in [3.63, 3.8) is 0 Å². The SMILES string of the molecule is C/C(=C\c1ccccc1SN)C(=O)O. The van der Waals surface area contributed by atoms with Gasteiger partial charge in [0.2, 0.25) is 0 Å². The molecule has 14 heavy (non-hydrogen) atoms. The van der Waals surface area contributed by atoms with Gasteiger partial charge < -0.3 is 5.11 Å². The zero-order valence-electron chi connectivity index (χ0n) is 7.73. The number of hydrogen-bond donors (Lipinski definition) is 2. The predicted molar refractivity (Wildman–Crippen MR) is 57.8 cm³/mol. The van der Waals surface area contributed by atoms with Gasteiger partial charge in [0.15, 0.2) is 0 Å². The first-order valence-electron chi connectivity index (χ1n) is 4.02. The average Bonchev–Trinajstić information content (AvgIpc) is 2.18. The molecule has 4 heteroatoms. The number of rotatable bonds is 3. The molecule has 0 atom stereocenters. The van der Waals surface area contributed by atoms with E-state index < -0.39 is 5.97 Å². The Kier molecular flexibility index (Phi) is 3.73. The van der Waals surface area contributed by atoms with Crippen LogP contribution >= 0.6 is 11.9 Å². The first kappa shape index (κ1) is 10.8. The zero-order valence-corrected chi connectivity index (χ0v) is 8.54. The Hall–Kier alpha value is -1.26. The molecule has 1 aromatic rings. The van der Waals surface area contributed by atoms with Gasteiger partial charge in [-0.2, -0.15) is 0 Å². The first-order chi connectivity index (χ1) is 6.65. The van der Waals surface area contributed by atoms with Gasteiger partial charge in [0.1, 0.15) is 0 Å². The second-order valence-electron chi connectivity index (χ2n) is 2.79. The van der Waals surface area contributed by atoms with Crippen LogP contribution in [0.15, 0.2) is 34.7 Å². The summed E-state index contributed by atoms with van der Waals surface area (Å²) in [5.41, 5.74) is 1.13. The van der Waals surface area contributed by atoms with E-state index in [2.05, 4.69) is 0 Å². The maximum Gasteiger partial charge on any atom is 0.331 e. The number of carbonyl (C=O) groups is 1. The first-order valence-corrected chi connectivity index (χ1v) is 4.90. The van der Waals surface area contributed by atoms with Crippen LogP contribution in [0.25, 0.3) is 6.08 Å². The van der Waals surface area contributed by atoms with Crippen LogP contribution < -0.4 is 5.14 Å². The van der Waals surface area contributed by atoms with E-state index in [9.17, 15) is 4.79 Å². The van der Waals surface area contributed by atoms with Crippen molar-refractivity contribution < 1.29 is 9.90 Å². The molecule has 0 saturated carbocycles. The van der Waals surface area contributed by atoms with Gasteiger partial charge in [-0.3, -0.25) is 5.14 Å². The third kappa shape index (κ3) is 2.61. The Balaban J connectivity index is 3.07. The summed E-state index contributed by atoms with van der Waals surface area (Å²) in [5, 5.41) is 14.1. The third-order valence-corrected chi connectivity index (χ3v) is 2.38. The van der Waals surface area contributed by atoms with Gasteiger partial charge in [-0.15, -0.1) is 0 Å². The molecule has 0 fully saturated rings. The Morgan fingerprint density at radius 2 is 2.14 bits per heavy atom. The molecule has 0 heterocycles. The van der Waals surface area contributed by atoms with Crippen molar-refractivity contribution >= 4 is 24.0 Å². The topological polar surface area (TPSA) is 63.3 Å². The molecule has 0 amide bonds. The van der Waals surface area contributed by atoms with E-state index in [-0.39, 0.29) is 0 Å². The second-order valence-corrected chi connectivity index (χ2v) is 3.46. The second kappa shape index (κ2) is 4.83. The minimum absolute atomic E-state index is 0.298. The van der Waals surface area contributed by atoms with Gasteiger partial charge in [0, 0.05) is 10.5 Å². The molecule has 0 saturated heterocycles. The fraction of sp³-hybridized carbons (Fsp3) is 0.100. The molecular weight excluding hydrogens is 198 g/mol. The lowest BCUT2D eigenvalue weighted by atomic mass is 10.1. The lowest BCUT2D eigenvalue weighted by molar-refractivity contribution is -0.132. The molecule has 0 unspecified atom stereocenters. The summed E-state index contributed by atoms with van der Waals surface area (Å²) in [6.07, 6.45) is 1.61. The highest BCUT2D eigenvalue weighted by molar-refractivity contribution is 7.97. The Morgan fingerprint density at radius 1 is 1.50 bits per heavy atom. The standard InChI is InChI=1S/C10H11NO2S/c1-7(10(12)13)6-8-4-2-3-5-9(8)14-11/h2-6H,11H2,1H3,(H,12,13)/b7-6+. The van der Waals surface area contributed by atoms with E-state index in [1.165, 1.54) is 0 Å². The molecule has 0 aliphatic heterocycles. The number of hydrogen-bond acceptors (Lipinski definition) is 3. The van der Waals surface area contributed by atoms with Gasteiger partial charge in [-0.05, 0) is 36.6 Å². The van der Waals surface area contributed by atoms with Crippen molar-refractivity contribution in [1.29, 1.82) is 0 Å². The molecular formula is C10H11NO2S. The quantitative estimate of drug-likeness (QED) is 0.591. The highest BCUT2D eigenvalue weighted by Gasteiger charge is 2.02. The van der Waals surface area contributed by atoms with Crippen molar-refractivity contribution in [2.75, 3.05) is 0 Å². The molecule has 3 nitrogen and oxygen atoms in total. The molecule has 0 aromatic heterocycles. The summed E-state index contributed by atoms with van der Waals surface area (Å²) in [4.78, 5) is 11.5. The van der Waals surface area contributed by atoms with Crippen LogP contribution in [0, 0.1) is 0 Å². The van der Waals surface area contributed by atoms with E-state index in [1.54, 1.807) is 13.0 Å². The van der Waals surface area contributed by atoms with Crippen molar-refractivity contribution in [3.05, 3.63) is 35.4 Å². The van der Waals surface area contributed by atoms with Gasteiger partial charge in [-0.25, -0.2) is 4.79 Å². The minimum Gasteiger partial charge on any atom is -0.478 e. The van der Waals surface area contributed by atoms with Crippen LogP contribution in [0.2, 0.25) is 0 Å². The van der Waals surface area contributed by atoms with E-state index in [0.29, 0.717) is 5.57 Å². The molecule has 3 N–H and O–H groups in total. The molecule has 1 aromatic carbocycles. The Labute approximate surface area is 86.8 Å². The van der Waals surface area contributed by atoms with Crippen LogP contribution in [0.1, 0.15) is 12.5 Å². The molecule has 0 radical (unpaired) electrons. The van der Waals surface area contributed by atoms with E-state index in [1.807, 2.05) is 24.3 Å². The Bertz CT molecular complexity index is 374. The fourth-order valence-electron chi connectivity index (χ4n) is 1.00. The minimum atomic E-state index is -0.915. The van der Waals surface area contributed by atoms with Crippen LogP contribution in [0.3, 0.4) is 0 Å². The summed E-state index contributed by atoms with van der Waals surface area (Å²) in [6, 6.07) is 7.40. The highest BCUT2D eigenvalue weighted by Crippen LogP contribution is 2.20. The molecule has 74 valence electrons. The van der Waals surface area contributed by atoms with Crippen LogP contribution in [0.5, 0.6) is 0 Å². The number of benzene rings is 1. The zero-order chi connectivity index (χ0) is 10.6. The largest absolute Gasteiger partial charge is 0.478 e. The van der Waals surface area contributed by atoms with Gasteiger partial charge in [-0.1, -0.05) is 18.2 Å². The summed E-state index contributed by atoms with van der Waals surface area (Å²) < 4.78 is 0. The van der Waals surface area contributed by atoms with Gasteiger partial charge in [0.05, 0.1) is 0 Å². The van der Waals surface area contributed by atoms with Gasteiger partial charge >= 0.3 is 5.97 Å². The number of carboxylic acid groups (broad SMARTS) is 1. The number of carboxylic acids is 1. The van der Waals surface area contributed by atoms with E-state index in [4.69, 9.17) is 10.2 Å². The predicted octanol–water partition coefficient (Wildman–Crippen LogP) is 2.14. The lowest BCUT2D eigenvalue weighted by Crippen LogP contribution is -1.96. The summed E-state index contributed by atoms with van der Waals surface area (Å²) in [6.45, 7) is 1.56. The van der Waals surface area contributed by atoms with Crippen LogP contribution in [-0.2, 0) is 4.79 Å². The van der Waals surface area contributed by atoms with Crippen molar-refractivity contribution in [3.8, 4) is 0 Å². The monoisotopic (exact) mass is 209 g/mol. The Morgan fingerprint density at radius 3 is 2.71 bits per heavy atom. The van der Waals surface area contributed by atoms with E-state index >= 15 is 0 Å². The van der Waals surface area contributed by atoms with Gasteiger partial charge in [0.25, 0.3) is 0 Å². The average molecular weight is 209 g/mol. The molecule has 0 bridgehead atoms. The van der Waals surface area contributed by atoms with E-state index in [0.717, 1.165) is 22.4 Å². The summed E-state index contributed by atoms with van der Waals surface area (Å²) >= 11 is 1.11. The van der Waals surface area contributed by atoms with Crippen molar-refractivity contribution in [1.82, 2.24) is 0 Å². The number of nitrogens with two attached hydrogens (primary N) is 1. The lowest BCUT2D eigenvalue weighted by Gasteiger charge is -2.01. The maximum absolute atomic E-state index is 10.6. The summed E-state index contributed by atoms with van der Waals surface area (Å²) in [5.74, 6) is -0.915. The number of aliphatic carboxylic acids is 1. The molecule has 0 aliphatic rings. The fourth-order valence-corrected chi connectivity index (χ4v) is 1.42. The summed E-state index contributed by atoms with van der Waals surface area (Å²) in [7, 11) is 0. The maximum atomic E-state index is 10.6. The highest BCUT2D eigenvalue weighted by atomic mass is 32.2. The normalized spacial score (nSPS) is 11.4. The van der Waals surface area contributed by atoms with Crippen molar-refractivity contribution in [2.45, 2.75) is 11.8 Å². The van der Waals surface area contributed by atoms with Crippen molar-refractivity contribution in [2.24, 2.45) is 5.14 Å².